The highest BCUT2D eigenvalue weighted by Crippen LogP contribution is 2.36. The van der Waals surface area contributed by atoms with E-state index in [9.17, 15) is 23.8 Å². The van der Waals surface area contributed by atoms with Gasteiger partial charge in [0.15, 0.2) is 0 Å². The number of halogens is 3. The van der Waals surface area contributed by atoms with Crippen molar-refractivity contribution in [2.45, 2.75) is 25.4 Å². The molecule has 0 radical (unpaired) electrons. The monoisotopic (exact) mass is 457 g/mol. The summed E-state index contributed by atoms with van der Waals surface area (Å²) >= 11 is 6.59. The van der Waals surface area contributed by atoms with Crippen LogP contribution in [0.25, 0.3) is 22.3 Å². The van der Waals surface area contributed by atoms with Crippen LogP contribution in [0.15, 0.2) is 54.6 Å². The molecular weight excluding hydrogens is 436 g/mol. The molecule has 2 N–H and O–H groups in total. The molecule has 0 bridgehead atoms. The van der Waals surface area contributed by atoms with Crippen LogP contribution < -0.4 is 0 Å². The molecule has 0 aromatic heterocycles. The summed E-state index contributed by atoms with van der Waals surface area (Å²) in [5.41, 5.74) is 4.04. The quantitative estimate of drug-likeness (QED) is 0.483. The molecule has 1 aliphatic rings. The Labute approximate surface area is 189 Å². The Kier molecular flexibility index (Phi) is 6.44. The van der Waals surface area contributed by atoms with Crippen LogP contribution in [0.2, 0.25) is 5.02 Å². The summed E-state index contributed by atoms with van der Waals surface area (Å²) in [6.07, 6.45) is 0.725. The average molecular weight is 458 g/mol. The number of carbonyl (C=O) groups is 1. The molecule has 3 aromatic rings. The Morgan fingerprint density at radius 2 is 1.72 bits per heavy atom. The van der Waals surface area contributed by atoms with Crippen LogP contribution in [0.3, 0.4) is 0 Å². The molecule has 3 aromatic carbocycles. The number of rotatable bonds is 4. The third kappa shape index (κ3) is 4.61. The minimum absolute atomic E-state index is 0.0314. The Morgan fingerprint density at radius 1 is 1.00 bits per heavy atom. The molecule has 0 spiro atoms. The van der Waals surface area contributed by atoms with Gasteiger partial charge in [-0.05, 0) is 70.5 Å². The van der Waals surface area contributed by atoms with Crippen LogP contribution in [0.5, 0.6) is 0 Å². The minimum Gasteiger partial charge on any atom is -0.465 e. The number of aliphatic hydroxyl groups excluding tert-OH is 1. The molecule has 1 aliphatic heterocycles. The van der Waals surface area contributed by atoms with E-state index in [1.165, 1.54) is 17.0 Å². The third-order valence-electron chi connectivity index (χ3n) is 5.91. The second kappa shape index (κ2) is 9.27. The summed E-state index contributed by atoms with van der Waals surface area (Å²) in [4.78, 5) is 12.7. The molecule has 7 heteroatoms. The van der Waals surface area contributed by atoms with Gasteiger partial charge in [0, 0.05) is 30.1 Å². The van der Waals surface area contributed by atoms with Crippen molar-refractivity contribution in [3.63, 3.8) is 0 Å². The van der Waals surface area contributed by atoms with Crippen molar-refractivity contribution in [3.8, 4) is 22.3 Å². The van der Waals surface area contributed by atoms with Crippen LogP contribution in [-0.2, 0) is 6.61 Å². The number of nitrogens with zero attached hydrogens (tertiary/aromatic N) is 1. The first kappa shape index (κ1) is 22.2. The van der Waals surface area contributed by atoms with Gasteiger partial charge in [0.25, 0.3) is 0 Å². The minimum atomic E-state index is -0.923. The molecule has 32 heavy (non-hydrogen) atoms. The Hall–Kier alpha value is -2.96. The molecule has 1 heterocycles. The van der Waals surface area contributed by atoms with Gasteiger partial charge in [-0.2, -0.15) is 0 Å². The molecule has 1 fully saturated rings. The summed E-state index contributed by atoms with van der Waals surface area (Å²) < 4.78 is 27.2. The summed E-state index contributed by atoms with van der Waals surface area (Å²) in [6, 6.07) is 14.2. The van der Waals surface area contributed by atoms with E-state index in [4.69, 9.17) is 11.6 Å². The number of carboxylic acid groups (broad SMARTS) is 1. The number of hydrogen-bond acceptors (Lipinski definition) is 2. The zero-order chi connectivity index (χ0) is 22.8. The highest BCUT2D eigenvalue weighted by atomic mass is 35.5. The van der Waals surface area contributed by atoms with Gasteiger partial charge < -0.3 is 15.1 Å². The number of benzene rings is 3. The first-order valence-corrected chi connectivity index (χ1v) is 10.7. The molecule has 4 nitrogen and oxygen atoms in total. The van der Waals surface area contributed by atoms with Crippen molar-refractivity contribution in [1.82, 2.24) is 4.90 Å². The molecule has 1 saturated heterocycles. The molecule has 1 atom stereocenters. The fourth-order valence-electron chi connectivity index (χ4n) is 4.34. The van der Waals surface area contributed by atoms with E-state index < -0.39 is 17.7 Å². The first-order chi connectivity index (χ1) is 15.4. The zero-order valence-electron chi connectivity index (χ0n) is 17.2. The van der Waals surface area contributed by atoms with Gasteiger partial charge in [-0.1, -0.05) is 35.9 Å². The Balaban J connectivity index is 1.65. The van der Waals surface area contributed by atoms with Gasteiger partial charge in [-0.25, -0.2) is 13.6 Å². The SMILES string of the molecule is O=C(O)N1CCCC(c2ccc(-c3ccc(-c4cc(F)cc(F)c4)cc3CO)cc2Cl)C1. The second-order valence-corrected chi connectivity index (χ2v) is 8.40. The third-order valence-corrected chi connectivity index (χ3v) is 6.24. The van der Waals surface area contributed by atoms with Gasteiger partial charge >= 0.3 is 6.09 Å². The normalized spacial score (nSPS) is 16.2. The number of aliphatic hydroxyl groups is 1. The lowest BCUT2D eigenvalue weighted by Crippen LogP contribution is -2.38. The average Bonchev–Trinajstić information content (AvgIpc) is 2.78. The predicted octanol–water partition coefficient (Wildman–Crippen LogP) is 6.30. The lowest BCUT2D eigenvalue weighted by atomic mass is 9.88. The van der Waals surface area contributed by atoms with Crippen LogP contribution in [0.1, 0.15) is 29.9 Å². The van der Waals surface area contributed by atoms with Gasteiger partial charge in [-0.15, -0.1) is 0 Å². The number of likely N-dealkylation sites (tertiary alicyclic amines) is 1. The Bertz CT molecular complexity index is 1150. The lowest BCUT2D eigenvalue weighted by Gasteiger charge is -2.31. The van der Waals surface area contributed by atoms with E-state index in [-0.39, 0.29) is 12.5 Å². The molecule has 1 amide bonds. The molecule has 0 saturated carbocycles. The van der Waals surface area contributed by atoms with Gasteiger partial charge in [0.05, 0.1) is 6.61 Å². The standard InChI is InChI=1S/C25H22ClF2NO3/c26-24-11-16(4-6-23(24)17-2-1-7-29(13-17)25(31)32)22-5-3-15(8-19(22)14-30)18-9-20(27)12-21(28)10-18/h3-6,8-12,17,30H,1-2,7,13-14H2,(H,31,32). The molecular formula is C25H22ClF2NO3. The molecule has 4 rings (SSSR count). The smallest absolute Gasteiger partial charge is 0.407 e. The number of piperidine rings is 1. The van der Waals surface area contributed by atoms with E-state index in [1.807, 2.05) is 18.2 Å². The van der Waals surface area contributed by atoms with E-state index >= 15 is 0 Å². The lowest BCUT2D eigenvalue weighted by molar-refractivity contribution is 0.130. The second-order valence-electron chi connectivity index (χ2n) is 7.99. The predicted molar refractivity (Wildman–Crippen MR) is 120 cm³/mol. The van der Waals surface area contributed by atoms with Crippen LogP contribution in [-0.4, -0.2) is 34.3 Å². The van der Waals surface area contributed by atoms with Gasteiger partial charge in [0.1, 0.15) is 11.6 Å². The fraction of sp³-hybridized carbons (Fsp3) is 0.240. The van der Waals surface area contributed by atoms with Crippen molar-refractivity contribution < 1.29 is 23.8 Å². The maximum Gasteiger partial charge on any atom is 0.407 e. The number of amides is 1. The van der Waals surface area contributed by atoms with Gasteiger partial charge in [-0.3, -0.25) is 0 Å². The van der Waals surface area contributed by atoms with Crippen molar-refractivity contribution >= 4 is 17.7 Å². The summed E-state index contributed by atoms with van der Waals surface area (Å²) in [6.45, 7) is 0.689. The molecule has 0 aliphatic carbocycles. The summed E-state index contributed by atoms with van der Waals surface area (Å²) in [5, 5.41) is 19.8. The van der Waals surface area contributed by atoms with Crippen LogP contribution in [0, 0.1) is 11.6 Å². The highest BCUT2D eigenvalue weighted by molar-refractivity contribution is 6.31. The Morgan fingerprint density at radius 3 is 2.38 bits per heavy atom. The van der Waals surface area contributed by atoms with Crippen molar-refractivity contribution in [3.05, 3.63) is 82.4 Å². The van der Waals surface area contributed by atoms with E-state index in [2.05, 4.69) is 0 Å². The fourth-order valence-corrected chi connectivity index (χ4v) is 4.67. The highest BCUT2D eigenvalue weighted by Gasteiger charge is 2.26. The molecule has 166 valence electrons. The van der Waals surface area contributed by atoms with E-state index in [1.54, 1.807) is 18.2 Å². The topological polar surface area (TPSA) is 60.8 Å². The van der Waals surface area contributed by atoms with Crippen molar-refractivity contribution in [2.24, 2.45) is 0 Å². The summed E-state index contributed by atoms with van der Waals surface area (Å²) in [5.74, 6) is -1.30. The van der Waals surface area contributed by atoms with Gasteiger partial charge in [0.2, 0.25) is 0 Å². The summed E-state index contributed by atoms with van der Waals surface area (Å²) in [7, 11) is 0. The zero-order valence-corrected chi connectivity index (χ0v) is 17.9. The van der Waals surface area contributed by atoms with E-state index in [0.717, 1.165) is 35.6 Å². The van der Waals surface area contributed by atoms with Crippen LogP contribution >= 0.6 is 11.6 Å². The van der Waals surface area contributed by atoms with Crippen molar-refractivity contribution in [1.29, 1.82) is 0 Å². The van der Waals surface area contributed by atoms with Crippen molar-refractivity contribution in [2.75, 3.05) is 13.1 Å². The van der Waals surface area contributed by atoms with E-state index in [0.29, 0.717) is 34.8 Å². The number of hydrogen-bond donors (Lipinski definition) is 2. The maximum atomic E-state index is 13.6. The first-order valence-electron chi connectivity index (χ1n) is 10.3. The van der Waals surface area contributed by atoms with Crippen LogP contribution in [0.4, 0.5) is 13.6 Å². The largest absolute Gasteiger partial charge is 0.465 e. The molecule has 1 unspecified atom stereocenters. The maximum absolute atomic E-state index is 13.6.